The molecule has 0 atom stereocenters. The number of hydrazine groups is 1. The number of hydrogen-bond donors (Lipinski definition) is 2. The lowest BCUT2D eigenvalue weighted by atomic mass is 10.1. The third-order valence-corrected chi connectivity index (χ3v) is 5.93. The van der Waals surface area contributed by atoms with Gasteiger partial charge < -0.3 is 4.57 Å². The number of nitrogens with zero attached hydrogens (tertiary/aromatic N) is 3. The maximum absolute atomic E-state index is 14.2. The molecule has 0 spiro atoms. The summed E-state index contributed by atoms with van der Waals surface area (Å²) in [5.41, 5.74) is 2.40. The Morgan fingerprint density at radius 2 is 2.12 bits per heavy atom. The molecule has 0 bridgehead atoms. The molecule has 2 aromatic heterocycles. The highest BCUT2D eigenvalue weighted by molar-refractivity contribution is 7.91. The molecule has 0 unspecified atom stereocenters. The van der Waals surface area contributed by atoms with Gasteiger partial charge in [0.1, 0.15) is 0 Å². The number of imidazole rings is 1. The minimum atomic E-state index is -4.05. The Balaban J connectivity index is 1.86. The lowest BCUT2D eigenvalue weighted by Crippen LogP contribution is -2.41. The standard InChI is InChI=1S/C14H11ClFN5O3S2/c1-21-6-11(18-7-21)8-4-9(12(16)10(15)5-8)13(22)19-20-26(23,24)14-17-2-3-25-14/h2-7,20H,1H3,(H,19,22). The Bertz CT molecular complexity index is 1070. The van der Waals surface area contributed by atoms with E-state index in [9.17, 15) is 17.6 Å². The SMILES string of the molecule is Cn1cnc(-c2cc(Cl)c(F)c(C(=O)NNS(=O)(=O)c3nccs3)c2)c1. The molecule has 3 rings (SSSR count). The van der Waals surface area contributed by atoms with Crippen molar-refractivity contribution in [2.75, 3.05) is 0 Å². The molecule has 8 nitrogen and oxygen atoms in total. The first kappa shape index (κ1) is 18.5. The molecule has 1 amide bonds. The largest absolute Gasteiger partial charge is 0.340 e. The summed E-state index contributed by atoms with van der Waals surface area (Å²) in [6.07, 6.45) is 4.50. The summed E-state index contributed by atoms with van der Waals surface area (Å²) in [6, 6.07) is 2.56. The number of aromatic nitrogens is 3. The van der Waals surface area contributed by atoms with Crippen molar-refractivity contribution in [3.8, 4) is 11.3 Å². The van der Waals surface area contributed by atoms with Crippen molar-refractivity contribution in [3.63, 3.8) is 0 Å². The van der Waals surface area contributed by atoms with E-state index in [1.807, 2.05) is 10.3 Å². The van der Waals surface area contributed by atoms with Crippen LogP contribution in [0.15, 0.2) is 40.6 Å². The zero-order chi connectivity index (χ0) is 18.9. The Hall–Kier alpha value is -2.34. The molecule has 0 radical (unpaired) electrons. The van der Waals surface area contributed by atoms with E-state index in [1.165, 1.54) is 30.0 Å². The molecule has 0 saturated heterocycles. The highest BCUT2D eigenvalue weighted by Gasteiger charge is 2.21. The predicted molar refractivity (Wildman–Crippen MR) is 93.5 cm³/mol. The molecule has 26 heavy (non-hydrogen) atoms. The van der Waals surface area contributed by atoms with Gasteiger partial charge >= 0.3 is 0 Å². The number of amides is 1. The van der Waals surface area contributed by atoms with Crippen molar-refractivity contribution >= 4 is 38.9 Å². The minimum absolute atomic E-state index is 0.237. The predicted octanol–water partition coefficient (Wildman–Crippen LogP) is 1.96. The molecule has 136 valence electrons. The summed E-state index contributed by atoms with van der Waals surface area (Å²) in [7, 11) is -2.29. The third kappa shape index (κ3) is 3.75. The summed E-state index contributed by atoms with van der Waals surface area (Å²) in [5.74, 6) is -1.99. The van der Waals surface area contributed by atoms with Crippen molar-refractivity contribution in [3.05, 3.63) is 52.6 Å². The van der Waals surface area contributed by atoms with Crippen LogP contribution in [0.4, 0.5) is 4.39 Å². The fourth-order valence-corrected chi connectivity index (χ4v) is 3.92. The van der Waals surface area contributed by atoms with Gasteiger partial charge in [0.2, 0.25) is 4.34 Å². The van der Waals surface area contributed by atoms with Crippen LogP contribution >= 0.6 is 22.9 Å². The highest BCUT2D eigenvalue weighted by Crippen LogP contribution is 2.27. The number of halogens is 2. The Morgan fingerprint density at radius 1 is 1.35 bits per heavy atom. The molecule has 0 aliphatic rings. The molecule has 2 heterocycles. The average Bonchev–Trinajstić information content (AvgIpc) is 3.27. The third-order valence-electron chi connectivity index (χ3n) is 3.21. The quantitative estimate of drug-likeness (QED) is 0.619. The summed E-state index contributed by atoms with van der Waals surface area (Å²) in [6.45, 7) is 0. The zero-order valence-corrected chi connectivity index (χ0v) is 15.5. The molecule has 0 aliphatic heterocycles. The van der Waals surface area contributed by atoms with E-state index in [-0.39, 0.29) is 9.36 Å². The van der Waals surface area contributed by atoms with Crippen LogP contribution < -0.4 is 10.3 Å². The van der Waals surface area contributed by atoms with Crippen molar-refractivity contribution in [2.45, 2.75) is 4.34 Å². The van der Waals surface area contributed by atoms with Gasteiger partial charge in [0.05, 0.1) is 22.6 Å². The first-order valence-electron chi connectivity index (χ1n) is 6.97. The number of nitrogens with one attached hydrogen (secondary N) is 2. The van der Waals surface area contributed by atoms with Crippen molar-refractivity contribution < 1.29 is 17.6 Å². The van der Waals surface area contributed by atoms with Crippen LogP contribution in [0.25, 0.3) is 11.3 Å². The fourth-order valence-electron chi connectivity index (χ4n) is 2.03. The second-order valence-electron chi connectivity index (χ2n) is 5.10. The smallest absolute Gasteiger partial charge is 0.284 e. The second kappa shape index (κ2) is 7.11. The summed E-state index contributed by atoms with van der Waals surface area (Å²) in [5, 5.41) is 1.17. The van der Waals surface area contributed by atoms with Gasteiger partial charge in [-0.15, -0.1) is 16.2 Å². The lowest BCUT2D eigenvalue weighted by molar-refractivity contribution is 0.0941. The summed E-state index contributed by atoms with van der Waals surface area (Å²) < 4.78 is 39.6. The van der Waals surface area contributed by atoms with Crippen LogP contribution in [0.1, 0.15) is 10.4 Å². The maximum atomic E-state index is 14.2. The minimum Gasteiger partial charge on any atom is -0.340 e. The maximum Gasteiger partial charge on any atom is 0.284 e. The van der Waals surface area contributed by atoms with E-state index >= 15 is 0 Å². The fraction of sp³-hybridized carbons (Fsp3) is 0.0714. The molecule has 0 saturated carbocycles. The molecule has 3 aromatic rings. The first-order chi connectivity index (χ1) is 12.3. The normalized spacial score (nSPS) is 11.5. The van der Waals surface area contributed by atoms with Crippen LogP contribution in [0.5, 0.6) is 0 Å². The second-order valence-corrected chi connectivity index (χ2v) is 8.26. The van der Waals surface area contributed by atoms with E-state index in [1.54, 1.807) is 17.8 Å². The molecular weight excluding hydrogens is 405 g/mol. The monoisotopic (exact) mass is 415 g/mol. The van der Waals surface area contributed by atoms with E-state index in [0.717, 1.165) is 11.3 Å². The van der Waals surface area contributed by atoms with Gasteiger partial charge in [-0.3, -0.25) is 10.2 Å². The first-order valence-corrected chi connectivity index (χ1v) is 9.71. The van der Waals surface area contributed by atoms with Crippen LogP contribution in [0.3, 0.4) is 0 Å². The van der Waals surface area contributed by atoms with E-state index < -0.39 is 27.3 Å². The molecule has 0 fully saturated rings. The number of aryl methyl sites for hydroxylation is 1. The van der Waals surface area contributed by atoms with Crippen molar-refractivity contribution in [1.29, 1.82) is 0 Å². The van der Waals surface area contributed by atoms with Gasteiger partial charge in [0.25, 0.3) is 15.9 Å². The Kier molecular flexibility index (Phi) is 5.05. The number of benzene rings is 1. The van der Waals surface area contributed by atoms with Crippen molar-refractivity contribution in [2.24, 2.45) is 7.05 Å². The highest BCUT2D eigenvalue weighted by atomic mass is 35.5. The number of carbonyl (C=O) groups excluding carboxylic acids is 1. The van der Waals surface area contributed by atoms with Gasteiger partial charge in [-0.2, -0.15) is 0 Å². The van der Waals surface area contributed by atoms with E-state index in [2.05, 4.69) is 9.97 Å². The Morgan fingerprint density at radius 3 is 2.73 bits per heavy atom. The van der Waals surface area contributed by atoms with Gasteiger partial charge in [0, 0.05) is 30.4 Å². The summed E-state index contributed by atoms with van der Waals surface area (Å²) in [4.78, 5) is 21.8. The van der Waals surface area contributed by atoms with Crippen LogP contribution in [0.2, 0.25) is 5.02 Å². The number of carbonyl (C=O) groups is 1. The number of hydrogen-bond acceptors (Lipinski definition) is 6. The Labute approximate surface area is 156 Å². The van der Waals surface area contributed by atoms with Gasteiger partial charge in [-0.25, -0.2) is 22.8 Å². The van der Waals surface area contributed by atoms with Crippen LogP contribution in [-0.4, -0.2) is 28.9 Å². The number of thiazole rings is 1. The number of sulfonamides is 1. The molecule has 12 heteroatoms. The topological polar surface area (TPSA) is 106 Å². The van der Waals surface area contributed by atoms with Crippen LogP contribution in [0, 0.1) is 5.82 Å². The van der Waals surface area contributed by atoms with Gasteiger partial charge in [-0.05, 0) is 12.1 Å². The average molecular weight is 416 g/mol. The van der Waals surface area contributed by atoms with Gasteiger partial charge in [0.15, 0.2) is 5.82 Å². The van der Waals surface area contributed by atoms with E-state index in [0.29, 0.717) is 11.3 Å². The van der Waals surface area contributed by atoms with Crippen molar-refractivity contribution in [1.82, 2.24) is 24.8 Å². The molecular formula is C14H11ClFN5O3S2. The summed E-state index contributed by atoms with van der Waals surface area (Å²) >= 11 is 6.72. The molecule has 1 aromatic carbocycles. The number of rotatable bonds is 5. The lowest BCUT2D eigenvalue weighted by Gasteiger charge is -2.09. The molecule has 0 aliphatic carbocycles. The van der Waals surface area contributed by atoms with E-state index in [4.69, 9.17) is 11.6 Å². The molecule has 2 N–H and O–H groups in total. The van der Waals surface area contributed by atoms with Gasteiger partial charge in [-0.1, -0.05) is 11.6 Å². The zero-order valence-electron chi connectivity index (χ0n) is 13.1. The van der Waals surface area contributed by atoms with Crippen LogP contribution in [-0.2, 0) is 17.1 Å².